The maximum Gasteiger partial charge on any atom is 0.350 e. The fourth-order valence-corrected chi connectivity index (χ4v) is 3.98. The number of Topliss-reactive ketones (excluding diaryl/α,β-unsaturated/α-hetero) is 1. The summed E-state index contributed by atoms with van der Waals surface area (Å²) in [5.74, 6) is 0.764. The summed E-state index contributed by atoms with van der Waals surface area (Å²) in [6, 6.07) is 1.32. The third-order valence-corrected chi connectivity index (χ3v) is 5.19. The third-order valence-electron chi connectivity index (χ3n) is 5.19. The quantitative estimate of drug-likeness (QED) is 0.851. The van der Waals surface area contributed by atoms with Gasteiger partial charge in [0, 0.05) is 12.5 Å². The first-order valence-corrected chi connectivity index (χ1v) is 8.09. The first-order chi connectivity index (χ1) is 10.2. The summed E-state index contributed by atoms with van der Waals surface area (Å²) >= 11 is 0. The minimum atomic E-state index is -0.738. The summed E-state index contributed by atoms with van der Waals surface area (Å²) in [6.45, 7) is 8.33. The van der Waals surface area contributed by atoms with Crippen LogP contribution in [0.2, 0.25) is 0 Å². The summed E-state index contributed by atoms with van der Waals surface area (Å²) in [6.07, 6.45) is 4.63. The minimum Gasteiger partial charge on any atom is -0.507 e. The third kappa shape index (κ3) is 3.42. The molecule has 1 heterocycles. The molecule has 4 heteroatoms. The summed E-state index contributed by atoms with van der Waals surface area (Å²) in [7, 11) is 0. The lowest BCUT2D eigenvalue weighted by molar-refractivity contribution is 0.0694. The van der Waals surface area contributed by atoms with Crippen LogP contribution in [-0.4, -0.2) is 10.9 Å². The van der Waals surface area contributed by atoms with Crippen LogP contribution in [0.4, 0.5) is 0 Å². The molecule has 0 saturated heterocycles. The highest BCUT2D eigenvalue weighted by Crippen LogP contribution is 2.46. The van der Waals surface area contributed by atoms with Crippen molar-refractivity contribution in [2.75, 3.05) is 0 Å². The van der Waals surface area contributed by atoms with Crippen LogP contribution in [0, 0.1) is 24.2 Å². The molecule has 1 saturated carbocycles. The zero-order chi connectivity index (χ0) is 16.5. The van der Waals surface area contributed by atoms with Gasteiger partial charge in [0.2, 0.25) is 0 Å². The number of hydrogen-bond donors (Lipinski definition) is 1. The van der Waals surface area contributed by atoms with E-state index in [2.05, 4.69) is 20.8 Å². The summed E-state index contributed by atoms with van der Waals surface area (Å²) in [5, 5.41) is 9.85. The lowest BCUT2D eigenvalue weighted by atomic mass is 9.62. The fourth-order valence-electron chi connectivity index (χ4n) is 3.98. The van der Waals surface area contributed by atoms with E-state index in [-0.39, 0.29) is 28.9 Å². The molecule has 1 fully saturated rings. The Balaban J connectivity index is 2.12. The Hall–Kier alpha value is -1.58. The van der Waals surface area contributed by atoms with E-state index in [0.29, 0.717) is 17.6 Å². The Morgan fingerprint density at radius 1 is 1.45 bits per heavy atom. The van der Waals surface area contributed by atoms with Crippen molar-refractivity contribution in [1.29, 1.82) is 0 Å². The van der Waals surface area contributed by atoms with Crippen molar-refractivity contribution in [2.45, 2.75) is 59.8 Å². The maximum absolute atomic E-state index is 12.3. The van der Waals surface area contributed by atoms with Crippen LogP contribution in [-0.2, 0) is 0 Å². The van der Waals surface area contributed by atoms with E-state index < -0.39 is 5.63 Å². The Morgan fingerprint density at radius 3 is 2.73 bits per heavy atom. The van der Waals surface area contributed by atoms with Crippen LogP contribution in [0.25, 0.3) is 0 Å². The lowest BCUT2D eigenvalue weighted by Crippen LogP contribution is -2.34. The van der Waals surface area contributed by atoms with Gasteiger partial charge in [0.15, 0.2) is 5.78 Å². The minimum absolute atomic E-state index is 0.202. The van der Waals surface area contributed by atoms with Gasteiger partial charge in [-0.1, -0.05) is 33.6 Å². The number of aromatic hydroxyl groups is 1. The van der Waals surface area contributed by atoms with Crippen molar-refractivity contribution in [2.24, 2.45) is 17.3 Å². The topological polar surface area (TPSA) is 67.5 Å². The predicted octanol–water partition coefficient (Wildman–Crippen LogP) is 4.08. The standard InChI is InChI=1S/C18H26O4/c1-11-6-5-9-18(3,4)13(11)7-8-14(19)16-15(20)10-12(2)22-17(16)21/h10-11,13,20H,5-9H2,1-4H3. The van der Waals surface area contributed by atoms with Crippen molar-refractivity contribution in [3.8, 4) is 5.75 Å². The first-order valence-electron chi connectivity index (χ1n) is 8.09. The summed E-state index contributed by atoms with van der Waals surface area (Å²) < 4.78 is 4.93. The van der Waals surface area contributed by atoms with Crippen molar-refractivity contribution in [3.63, 3.8) is 0 Å². The average Bonchev–Trinajstić information content (AvgIpc) is 2.35. The molecule has 22 heavy (non-hydrogen) atoms. The fraction of sp³-hybridized carbons (Fsp3) is 0.667. The number of rotatable bonds is 4. The molecule has 1 aliphatic carbocycles. The predicted molar refractivity (Wildman–Crippen MR) is 85.2 cm³/mol. The lowest BCUT2D eigenvalue weighted by Gasteiger charge is -2.43. The van der Waals surface area contributed by atoms with Gasteiger partial charge in [-0.2, -0.15) is 0 Å². The van der Waals surface area contributed by atoms with Gasteiger partial charge in [-0.3, -0.25) is 4.79 Å². The molecule has 2 atom stereocenters. The van der Waals surface area contributed by atoms with E-state index in [1.54, 1.807) is 6.92 Å². The highest BCUT2D eigenvalue weighted by molar-refractivity contribution is 5.98. The summed E-state index contributed by atoms with van der Waals surface area (Å²) in [5.41, 5.74) is -0.719. The van der Waals surface area contributed by atoms with Crippen LogP contribution in [0.1, 0.15) is 69.0 Å². The second-order valence-electron chi connectivity index (χ2n) is 7.33. The van der Waals surface area contributed by atoms with Crippen molar-refractivity contribution in [1.82, 2.24) is 0 Å². The number of hydrogen-bond acceptors (Lipinski definition) is 4. The number of ketones is 1. The smallest absolute Gasteiger partial charge is 0.350 e. The van der Waals surface area contributed by atoms with Crippen LogP contribution < -0.4 is 5.63 Å². The van der Waals surface area contributed by atoms with Gasteiger partial charge in [0.25, 0.3) is 0 Å². The molecule has 2 unspecified atom stereocenters. The maximum atomic E-state index is 12.3. The molecule has 2 rings (SSSR count). The molecule has 1 aromatic heterocycles. The molecule has 0 radical (unpaired) electrons. The molecule has 0 amide bonds. The van der Waals surface area contributed by atoms with E-state index >= 15 is 0 Å². The Labute approximate surface area is 131 Å². The SMILES string of the molecule is Cc1cc(O)c(C(=O)CCC2C(C)CCCC2(C)C)c(=O)o1. The van der Waals surface area contributed by atoms with Crippen LogP contribution in [0.15, 0.2) is 15.3 Å². The van der Waals surface area contributed by atoms with Gasteiger partial charge < -0.3 is 9.52 Å². The first kappa shape index (κ1) is 16.8. The molecular formula is C18H26O4. The average molecular weight is 306 g/mol. The Kier molecular flexibility index (Phi) is 4.78. The molecule has 1 N–H and O–H groups in total. The number of aryl methyl sites for hydroxylation is 1. The van der Waals surface area contributed by atoms with Gasteiger partial charge in [0.05, 0.1) is 0 Å². The largest absolute Gasteiger partial charge is 0.507 e. The van der Waals surface area contributed by atoms with Crippen LogP contribution >= 0.6 is 0 Å². The molecule has 0 aliphatic heterocycles. The van der Waals surface area contributed by atoms with E-state index in [9.17, 15) is 14.7 Å². The highest BCUT2D eigenvalue weighted by Gasteiger charge is 2.36. The normalized spacial score (nSPS) is 24.2. The van der Waals surface area contributed by atoms with Crippen molar-refractivity contribution < 1.29 is 14.3 Å². The van der Waals surface area contributed by atoms with Crippen LogP contribution in [0.5, 0.6) is 5.75 Å². The zero-order valence-electron chi connectivity index (χ0n) is 13.9. The molecule has 1 aliphatic rings. The van der Waals surface area contributed by atoms with Crippen molar-refractivity contribution in [3.05, 3.63) is 27.8 Å². The highest BCUT2D eigenvalue weighted by atomic mass is 16.4. The number of carbonyl (C=O) groups is 1. The van der Waals surface area contributed by atoms with Gasteiger partial charge in [-0.15, -0.1) is 0 Å². The van der Waals surface area contributed by atoms with E-state index in [0.717, 1.165) is 6.42 Å². The van der Waals surface area contributed by atoms with Gasteiger partial charge in [-0.25, -0.2) is 4.79 Å². The van der Waals surface area contributed by atoms with Gasteiger partial charge in [0.1, 0.15) is 17.1 Å². The summed E-state index contributed by atoms with van der Waals surface area (Å²) in [4.78, 5) is 24.1. The van der Waals surface area contributed by atoms with E-state index in [1.165, 1.54) is 25.3 Å². The number of carbonyl (C=O) groups excluding carboxylic acids is 1. The second-order valence-corrected chi connectivity index (χ2v) is 7.33. The zero-order valence-corrected chi connectivity index (χ0v) is 13.9. The monoisotopic (exact) mass is 306 g/mol. The molecule has 0 bridgehead atoms. The van der Waals surface area contributed by atoms with Crippen LogP contribution in [0.3, 0.4) is 0 Å². The molecule has 122 valence electrons. The molecule has 4 nitrogen and oxygen atoms in total. The molecule has 0 aromatic carbocycles. The Morgan fingerprint density at radius 2 is 2.14 bits per heavy atom. The van der Waals surface area contributed by atoms with Gasteiger partial charge >= 0.3 is 5.63 Å². The van der Waals surface area contributed by atoms with Gasteiger partial charge in [-0.05, 0) is 37.0 Å². The van der Waals surface area contributed by atoms with E-state index in [4.69, 9.17) is 4.42 Å². The molecular weight excluding hydrogens is 280 g/mol. The van der Waals surface area contributed by atoms with E-state index in [1.807, 2.05) is 0 Å². The van der Waals surface area contributed by atoms with Crippen molar-refractivity contribution >= 4 is 5.78 Å². The Bertz CT molecular complexity index is 612. The second kappa shape index (κ2) is 6.27. The molecule has 1 aromatic rings. The molecule has 0 spiro atoms.